The third kappa shape index (κ3) is 3.96. The van der Waals surface area contributed by atoms with Crippen LogP contribution in [0.1, 0.15) is 34.1 Å². The second kappa shape index (κ2) is 7.77. The lowest BCUT2D eigenvalue weighted by molar-refractivity contribution is 0.0595. The van der Waals surface area contributed by atoms with Crippen LogP contribution in [0.3, 0.4) is 0 Å². The molecule has 0 amide bonds. The van der Waals surface area contributed by atoms with E-state index in [0.717, 1.165) is 5.56 Å². The van der Waals surface area contributed by atoms with Crippen molar-refractivity contribution in [1.82, 2.24) is 9.88 Å². The highest BCUT2D eigenvalue weighted by molar-refractivity contribution is 5.87. The van der Waals surface area contributed by atoms with Crippen molar-refractivity contribution < 1.29 is 14.6 Å². The molecule has 0 fully saturated rings. The molecule has 1 atom stereocenters. The van der Waals surface area contributed by atoms with E-state index in [1.165, 1.54) is 12.7 Å². The minimum Gasteiger partial charge on any atom is -0.464 e. The Hall–Kier alpha value is -2.11. The topological polar surface area (TPSA) is 65.6 Å². The molecule has 2 rings (SSSR count). The molecule has 0 aliphatic rings. The predicted octanol–water partition coefficient (Wildman–Crippen LogP) is 2.36. The maximum Gasteiger partial charge on any atom is 0.354 e. The molecule has 1 aromatic carbocycles. The van der Waals surface area contributed by atoms with Crippen LogP contribution in [0.4, 0.5) is 0 Å². The number of benzene rings is 1. The molecule has 0 aliphatic carbocycles. The summed E-state index contributed by atoms with van der Waals surface area (Å²) in [5.74, 6) is -0.371. The van der Waals surface area contributed by atoms with Gasteiger partial charge in [0.1, 0.15) is 5.69 Å². The van der Waals surface area contributed by atoms with Crippen molar-refractivity contribution in [2.45, 2.75) is 19.0 Å². The fourth-order valence-electron chi connectivity index (χ4n) is 2.60. The fraction of sp³-hybridized carbons (Fsp3) is 0.353. The summed E-state index contributed by atoms with van der Waals surface area (Å²) in [7, 11) is 3.37. The highest BCUT2D eigenvalue weighted by Crippen LogP contribution is 2.24. The molecule has 22 heavy (non-hydrogen) atoms. The van der Waals surface area contributed by atoms with Gasteiger partial charge in [-0.05, 0) is 30.7 Å². The lowest BCUT2D eigenvalue weighted by Gasteiger charge is -2.27. The molecule has 2 aromatic rings. The average molecular weight is 302 g/mol. The first kappa shape index (κ1) is 16.3. The third-order valence-corrected chi connectivity index (χ3v) is 3.70. The zero-order valence-electron chi connectivity index (χ0n) is 13.0. The number of esters is 1. The number of ether oxygens (including phenoxy) is 1. The van der Waals surface area contributed by atoms with Gasteiger partial charge in [0.25, 0.3) is 0 Å². The van der Waals surface area contributed by atoms with Crippen molar-refractivity contribution in [2.24, 2.45) is 0 Å². The zero-order chi connectivity index (χ0) is 15.9. The molecule has 1 heterocycles. The lowest BCUT2D eigenvalue weighted by Crippen LogP contribution is -2.25. The van der Waals surface area contributed by atoms with E-state index in [9.17, 15) is 9.90 Å². The molecule has 1 unspecified atom stereocenters. The van der Waals surface area contributed by atoms with E-state index in [0.29, 0.717) is 18.7 Å². The number of rotatable bonds is 7. The van der Waals surface area contributed by atoms with E-state index in [4.69, 9.17) is 4.74 Å². The zero-order valence-corrected chi connectivity index (χ0v) is 13.0. The third-order valence-electron chi connectivity index (χ3n) is 3.70. The molecule has 5 heteroatoms. The predicted molar refractivity (Wildman–Crippen MR) is 84.5 cm³/mol. The number of hydrogen-bond donors (Lipinski definition) is 2. The Morgan fingerprint density at radius 1 is 1.36 bits per heavy atom. The van der Waals surface area contributed by atoms with E-state index in [2.05, 4.69) is 22.0 Å². The summed E-state index contributed by atoms with van der Waals surface area (Å²) in [5, 5.41) is 9.33. The van der Waals surface area contributed by atoms with E-state index in [1.54, 1.807) is 6.07 Å². The maximum atomic E-state index is 11.5. The quantitative estimate of drug-likeness (QED) is 0.771. The average Bonchev–Trinajstić information content (AvgIpc) is 3.01. The van der Waals surface area contributed by atoms with Gasteiger partial charge in [0.05, 0.1) is 7.11 Å². The van der Waals surface area contributed by atoms with Crippen LogP contribution >= 0.6 is 0 Å². The molecule has 0 bridgehead atoms. The number of aliphatic hydroxyl groups excluding tert-OH is 1. The van der Waals surface area contributed by atoms with Gasteiger partial charge in [-0.2, -0.15) is 0 Å². The van der Waals surface area contributed by atoms with Crippen LogP contribution in [0.25, 0.3) is 0 Å². The van der Waals surface area contributed by atoms with Crippen molar-refractivity contribution in [3.63, 3.8) is 0 Å². The Bertz CT molecular complexity index is 595. The highest BCUT2D eigenvalue weighted by Gasteiger charge is 2.17. The first-order valence-electron chi connectivity index (χ1n) is 7.27. The van der Waals surface area contributed by atoms with Crippen molar-refractivity contribution in [2.75, 3.05) is 20.8 Å². The van der Waals surface area contributed by atoms with Crippen LogP contribution in [0.2, 0.25) is 0 Å². The summed E-state index contributed by atoms with van der Waals surface area (Å²) in [6.45, 7) is 0.803. The Kier molecular flexibility index (Phi) is 5.75. The molecule has 0 saturated heterocycles. The Balaban J connectivity index is 2.09. The molecule has 5 nitrogen and oxygen atoms in total. The van der Waals surface area contributed by atoms with Gasteiger partial charge in [-0.1, -0.05) is 30.3 Å². The van der Waals surface area contributed by atoms with Gasteiger partial charge in [0.2, 0.25) is 0 Å². The number of hydrogen-bond acceptors (Lipinski definition) is 4. The summed E-state index contributed by atoms with van der Waals surface area (Å²) in [6, 6.07) is 12.0. The van der Waals surface area contributed by atoms with Gasteiger partial charge in [0.15, 0.2) is 0 Å². The Labute approximate surface area is 130 Å². The standard InChI is InChI=1S/C17H22N2O3/c1-19(12-13-10-15(18-11-13)17(21)22-2)16(8-9-20)14-6-4-3-5-7-14/h3-7,10-11,16,18,20H,8-9,12H2,1-2H3. The number of H-pyrrole nitrogens is 1. The summed E-state index contributed by atoms with van der Waals surface area (Å²) < 4.78 is 4.69. The molecule has 0 spiro atoms. The smallest absolute Gasteiger partial charge is 0.354 e. The number of carbonyl (C=O) groups is 1. The largest absolute Gasteiger partial charge is 0.464 e. The number of carbonyl (C=O) groups excluding carboxylic acids is 1. The maximum absolute atomic E-state index is 11.5. The molecule has 2 N–H and O–H groups in total. The number of methoxy groups -OCH3 is 1. The minimum atomic E-state index is -0.371. The van der Waals surface area contributed by atoms with E-state index < -0.39 is 0 Å². The van der Waals surface area contributed by atoms with Gasteiger partial charge >= 0.3 is 5.97 Å². The van der Waals surface area contributed by atoms with E-state index in [1.807, 2.05) is 31.4 Å². The monoisotopic (exact) mass is 302 g/mol. The second-order valence-electron chi connectivity index (χ2n) is 5.27. The molecule has 1 aromatic heterocycles. The lowest BCUT2D eigenvalue weighted by atomic mass is 10.0. The van der Waals surface area contributed by atoms with Crippen LogP contribution in [-0.4, -0.2) is 41.7 Å². The van der Waals surface area contributed by atoms with Crippen molar-refractivity contribution in [3.8, 4) is 0 Å². The Morgan fingerprint density at radius 3 is 2.73 bits per heavy atom. The van der Waals surface area contributed by atoms with Crippen LogP contribution in [-0.2, 0) is 11.3 Å². The van der Waals surface area contributed by atoms with Gasteiger partial charge in [-0.25, -0.2) is 4.79 Å². The number of nitrogens with one attached hydrogen (secondary N) is 1. The Morgan fingerprint density at radius 2 is 2.09 bits per heavy atom. The molecule has 0 aliphatic heterocycles. The number of aliphatic hydroxyl groups is 1. The van der Waals surface area contributed by atoms with Crippen LogP contribution in [0.15, 0.2) is 42.6 Å². The van der Waals surface area contributed by atoms with Gasteiger partial charge in [-0.15, -0.1) is 0 Å². The van der Waals surface area contributed by atoms with Crippen LogP contribution in [0.5, 0.6) is 0 Å². The minimum absolute atomic E-state index is 0.127. The highest BCUT2D eigenvalue weighted by atomic mass is 16.5. The summed E-state index contributed by atoms with van der Waals surface area (Å²) in [4.78, 5) is 16.6. The second-order valence-corrected chi connectivity index (χ2v) is 5.27. The fourth-order valence-corrected chi connectivity index (χ4v) is 2.60. The first-order valence-corrected chi connectivity index (χ1v) is 7.27. The van der Waals surface area contributed by atoms with E-state index in [-0.39, 0.29) is 18.6 Å². The number of nitrogens with zero attached hydrogens (tertiary/aromatic N) is 1. The molecule has 0 radical (unpaired) electrons. The van der Waals surface area contributed by atoms with Crippen molar-refractivity contribution in [1.29, 1.82) is 0 Å². The summed E-state index contributed by atoms with van der Waals surface area (Å²) in [6.07, 6.45) is 2.47. The molecule has 118 valence electrons. The van der Waals surface area contributed by atoms with Gasteiger partial charge < -0.3 is 14.8 Å². The van der Waals surface area contributed by atoms with Crippen LogP contribution < -0.4 is 0 Å². The SMILES string of the molecule is COC(=O)c1cc(CN(C)C(CCO)c2ccccc2)c[nH]1. The normalized spacial score (nSPS) is 12.4. The number of aromatic amines is 1. The molecular formula is C17H22N2O3. The summed E-state index contributed by atoms with van der Waals surface area (Å²) >= 11 is 0. The molecule has 0 saturated carbocycles. The number of aromatic nitrogens is 1. The first-order chi connectivity index (χ1) is 10.7. The van der Waals surface area contributed by atoms with Gasteiger partial charge in [0, 0.05) is 25.4 Å². The summed E-state index contributed by atoms with van der Waals surface area (Å²) in [5.41, 5.74) is 2.62. The van der Waals surface area contributed by atoms with Crippen molar-refractivity contribution >= 4 is 5.97 Å². The van der Waals surface area contributed by atoms with E-state index >= 15 is 0 Å². The molecular weight excluding hydrogens is 280 g/mol. The van der Waals surface area contributed by atoms with Gasteiger partial charge in [-0.3, -0.25) is 4.90 Å². The van der Waals surface area contributed by atoms with Crippen molar-refractivity contribution in [3.05, 3.63) is 59.4 Å². The van der Waals surface area contributed by atoms with Crippen LogP contribution in [0, 0.1) is 0 Å².